The lowest BCUT2D eigenvalue weighted by Gasteiger charge is -2.26. The lowest BCUT2D eigenvalue weighted by molar-refractivity contribution is 0.406. The summed E-state index contributed by atoms with van der Waals surface area (Å²) in [7, 11) is 1.60. The predicted octanol–water partition coefficient (Wildman–Crippen LogP) is 2.02. The van der Waals surface area contributed by atoms with Crippen molar-refractivity contribution in [2.75, 3.05) is 12.0 Å². The normalized spacial score (nSPS) is 18.6. The Morgan fingerprint density at radius 2 is 2.31 bits per heavy atom. The number of ether oxygens (including phenoxy) is 1. The van der Waals surface area contributed by atoms with E-state index >= 15 is 0 Å². The molecule has 1 aromatic carbocycles. The van der Waals surface area contributed by atoms with Crippen LogP contribution in [0.15, 0.2) is 30.6 Å². The van der Waals surface area contributed by atoms with Gasteiger partial charge < -0.3 is 20.1 Å². The van der Waals surface area contributed by atoms with Crippen molar-refractivity contribution in [3.05, 3.63) is 30.6 Å². The third kappa shape index (κ3) is 1.78. The summed E-state index contributed by atoms with van der Waals surface area (Å²) in [5, 5.41) is 12.7. The van der Waals surface area contributed by atoms with E-state index in [2.05, 4.69) is 17.1 Å². The van der Waals surface area contributed by atoms with E-state index in [4.69, 9.17) is 4.74 Å². The fourth-order valence-electron chi connectivity index (χ4n) is 1.86. The second-order valence-electron chi connectivity index (χ2n) is 3.67. The van der Waals surface area contributed by atoms with Crippen molar-refractivity contribution in [1.29, 1.82) is 0 Å². The highest BCUT2D eigenvalue weighted by Crippen LogP contribution is 2.34. The van der Waals surface area contributed by atoms with E-state index in [1.54, 1.807) is 19.2 Å². The average Bonchev–Trinajstić information content (AvgIpc) is 2.76. The standard InChI is InChI=1S/C12H16N2O2/c1-3-12-13-6-7-14(12)10-5-4-9(15)8-11(10)16-2/h4-8,12-13,15H,3H2,1-2H3. The van der Waals surface area contributed by atoms with Crippen molar-refractivity contribution in [2.45, 2.75) is 19.5 Å². The van der Waals surface area contributed by atoms with E-state index in [9.17, 15) is 5.11 Å². The zero-order chi connectivity index (χ0) is 11.5. The fraction of sp³-hybridized carbons (Fsp3) is 0.333. The van der Waals surface area contributed by atoms with E-state index in [0.29, 0.717) is 5.75 Å². The number of phenolic OH excluding ortho intramolecular Hbond substituents is 1. The van der Waals surface area contributed by atoms with Crippen molar-refractivity contribution < 1.29 is 9.84 Å². The number of nitrogens with zero attached hydrogens (tertiary/aromatic N) is 1. The first-order valence-corrected chi connectivity index (χ1v) is 5.34. The first-order chi connectivity index (χ1) is 7.76. The Kier molecular flexibility index (Phi) is 2.90. The molecule has 16 heavy (non-hydrogen) atoms. The van der Waals surface area contributed by atoms with Crippen LogP contribution in [0.3, 0.4) is 0 Å². The van der Waals surface area contributed by atoms with Crippen molar-refractivity contribution in [2.24, 2.45) is 0 Å². The maximum Gasteiger partial charge on any atom is 0.146 e. The molecule has 0 saturated heterocycles. The maximum absolute atomic E-state index is 9.40. The van der Waals surface area contributed by atoms with Gasteiger partial charge in [-0.05, 0) is 18.6 Å². The van der Waals surface area contributed by atoms with Gasteiger partial charge in [-0.15, -0.1) is 0 Å². The van der Waals surface area contributed by atoms with Crippen LogP contribution in [-0.2, 0) is 0 Å². The van der Waals surface area contributed by atoms with Crippen LogP contribution in [-0.4, -0.2) is 18.4 Å². The molecule has 86 valence electrons. The van der Waals surface area contributed by atoms with Gasteiger partial charge in [-0.25, -0.2) is 0 Å². The number of hydrogen-bond donors (Lipinski definition) is 2. The van der Waals surface area contributed by atoms with E-state index < -0.39 is 0 Å². The molecule has 4 heteroatoms. The van der Waals surface area contributed by atoms with Gasteiger partial charge in [-0.2, -0.15) is 0 Å². The number of nitrogens with one attached hydrogen (secondary N) is 1. The Labute approximate surface area is 95.1 Å². The van der Waals surface area contributed by atoms with Gasteiger partial charge in [0.05, 0.1) is 12.8 Å². The van der Waals surface area contributed by atoms with Gasteiger partial charge in [-0.3, -0.25) is 0 Å². The summed E-state index contributed by atoms with van der Waals surface area (Å²) in [6, 6.07) is 5.14. The number of anilines is 1. The molecule has 4 nitrogen and oxygen atoms in total. The monoisotopic (exact) mass is 220 g/mol. The minimum Gasteiger partial charge on any atom is -0.508 e. The molecule has 0 saturated carbocycles. The van der Waals surface area contributed by atoms with E-state index in [1.165, 1.54) is 0 Å². The predicted molar refractivity (Wildman–Crippen MR) is 63.5 cm³/mol. The minimum absolute atomic E-state index is 0.213. The zero-order valence-corrected chi connectivity index (χ0v) is 9.47. The summed E-state index contributed by atoms with van der Waals surface area (Å²) < 4.78 is 5.27. The van der Waals surface area contributed by atoms with Gasteiger partial charge in [0.1, 0.15) is 17.7 Å². The summed E-state index contributed by atoms with van der Waals surface area (Å²) in [4.78, 5) is 2.10. The van der Waals surface area contributed by atoms with Crippen molar-refractivity contribution in [3.63, 3.8) is 0 Å². The van der Waals surface area contributed by atoms with Gasteiger partial charge in [0, 0.05) is 18.5 Å². The van der Waals surface area contributed by atoms with E-state index in [1.807, 2.05) is 18.5 Å². The third-order valence-corrected chi connectivity index (χ3v) is 2.69. The Balaban J connectivity index is 2.35. The molecule has 0 bridgehead atoms. The molecule has 0 amide bonds. The van der Waals surface area contributed by atoms with Crippen LogP contribution in [0.2, 0.25) is 0 Å². The Morgan fingerprint density at radius 1 is 1.50 bits per heavy atom. The van der Waals surface area contributed by atoms with Crippen molar-refractivity contribution >= 4 is 5.69 Å². The van der Waals surface area contributed by atoms with E-state index in [-0.39, 0.29) is 11.9 Å². The molecular weight excluding hydrogens is 204 g/mol. The summed E-state index contributed by atoms with van der Waals surface area (Å²) in [6.07, 6.45) is 5.12. The number of rotatable bonds is 3. The zero-order valence-electron chi connectivity index (χ0n) is 9.47. The number of hydrogen-bond acceptors (Lipinski definition) is 4. The second-order valence-corrected chi connectivity index (χ2v) is 3.67. The van der Waals surface area contributed by atoms with Crippen LogP contribution in [0.4, 0.5) is 5.69 Å². The lowest BCUT2D eigenvalue weighted by atomic mass is 10.2. The molecule has 1 unspecified atom stereocenters. The number of methoxy groups -OCH3 is 1. The summed E-state index contributed by atoms with van der Waals surface area (Å²) in [5.74, 6) is 0.886. The Morgan fingerprint density at radius 3 is 3.00 bits per heavy atom. The van der Waals surface area contributed by atoms with Crippen LogP contribution in [0.5, 0.6) is 11.5 Å². The largest absolute Gasteiger partial charge is 0.508 e. The van der Waals surface area contributed by atoms with Crippen LogP contribution in [0.1, 0.15) is 13.3 Å². The SMILES string of the molecule is CCC1NC=CN1c1ccc(O)cc1OC. The highest BCUT2D eigenvalue weighted by molar-refractivity contribution is 5.63. The molecule has 1 heterocycles. The fourth-order valence-corrected chi connectivity index (χ4v) is 1.86. The number of aromatic hydroxyl groups is 1. The third-order valence-electron chi connectivity index (χ3n) is 2.69. The molecule has 0 aromatic heterocycles. The van der Waals surface area contributed by atoms with Gasteiger partial charge in [0.2, 0.25) is 0 Å². The molecular formula is C12H16N2O2. The molecule has 1 aromatic rings. The molecule has 0 aliphatic carbocycles. The quantitative estimate of drug-likeness (QED) is 0.818. The average molecular weight is 220 g/mol. The second kappa shape index (κ2) is 4.35. The first kappa shape index (κ1) is 10.7. The molecule has 0 spiro atoms. The molecule has 2 N–H and O–H groups in total. The molecule has 0 fully saturated rings. The molecule has 1 atom stereocenters. The number of benzene rings is 1. The van der Waals surface area contributed by atoms with Crippen LogP contribution >= 0.6 is 0 Å². The number of phenols is 1. The maximum atomic E-state index is 9.40. The highest BCUT2D eigenvalue weighted by Gasteiger charge is 2.21. The van der Waals surface area contributed by atoms with Gasteiger partial charge >= 0.3 is 0 Å². The summed E-state index contributed by atoms with van der Waals surface area (Å²) in [6.45, 7) is 2.12. The summed E-state index contributed by atoms with van der Waals surface area (Å²) in [5.41, 5.74) is 0.952. The molecule has 0 radical (unpaired) electrons. The molecule has 2 rings (SSSR count). The van der Waals surface area contributed by atoms with Gasteiger partial charge in [-0.1, -0.05) is 6.92 Å². The molecule has 1 aliphatic rings. The Hall–Kier alpha value is -1.84. The highest BCUT2D eigenvalue weighted by atomic mass is 16.5. The van der Waals surface area contributed by atoms with Gasteiger partial charge in [0.25, 0.3) is 0 Å². The van der Waals surface area contributed by atoms with Crippen molar-refractivity contribution in [3.8, 4) is 11.5 Å². The summed E-state index contributed by atoms with van der Waals surface area (Å²) >= 11 is 0. The smallest absolute Gasteiger partial charge is 0.146 e. The van der Waals surface area contributed by atoms with Crippen molar-refractivity contribution in [1.82, 2.24) is 5.32 Å². The van der Waals surface area contributed by atoms with Crippen LogP contribution in [0, 0.1) is 0 Å². The van der Waals surface area contributed by atoms with Gasteiger partial charge in [0.15, 0.2) is 0 Å². The Bertz CT molecular complexity index is 404. The topological polar surface area (TPSA) is 44.7 Å². The first-order valence-electron chi connectivity index (χ1n) is 5.34. The molecule has 1 aliphatic heterocycles. The van der Waals surface area contributed by atoms with E-state index in [0.717, 1.165) is 12.1 Å². The van der Waals surface area contributed by atoms with Crippen LogP contribution in [0.25, 0.3) is 0 Å². The van der Waals surface area contributed by atoms with Crippen LogP contribution < -0.4 is 15.0 Å². The lowest BCUT2D eigenvalue weighted by Crippen LogP contribution is -2.34. The minimum atomic E-state index is 0.213.